The van der Waals surface area contributed by atoms with E-state index in [1.54, 1.807) is 7.11 Å². The first-order valence-electron chi connectivity index (χ1n) is 7.12. The van der Waals surface area contributed by atoms with Crippen LogP contribution in [-0.2, 0) is 6.54 Å². The number of ether oxygens (including phenoxy) is 1. The number of nitrogens with zero attached hydrogens (tertiary/aromatic N) is 2. The first-order valence-corrected chi connectivity index (χ1v) is 7.50. The van der Waals surface area contributed by atoms with Crippen molar-refractivity contribution in [3.63, 3.8) is 0 Å². The molecule has 6 heteroatoms. The standard InChI is InChI=1S/C17H16ClN3O2/c1-11-3-6-13(9-15(11)18)19-10-16-20-21-17(23-16)12-4-7-14(22-2)8-5-12/h3-9,19H,10H2,1-2H3. The molecule has 1 heterocycles. The summed E-state index contributed by atoms with van der Waals surface area (Å²) in [5.74, 6) is 1.77. The molecule has 0 unspecified atom stereocenters. The van der Waals surface area contributed by atoms with E-state index in [0.717, 1.165) is 27.6 Å². The zero-order valence-electron chi connectivity index (χ0n) is 12.8. The Bertz CT molecular complexity index is 800. The predicted molar refractivity (Wildman–Crippen MR) is 89.8 cm³/mol. The minimum absolute atomic E-state index is 0.433. The van der Waals surface area contributed by atoms with Crippen molar-refractivity contribution in [3.05, 3.63) is 58.9 Å². The van der Waals surface area contributed by atoms with Crippen LogP contribution in [0, 0.1) is 6.92 Å². The van der Waals surface area contributed by atoms with Crippen molar-refractivity contribution in [2.45, 2.75) is 13.5 Å². The fourth-order valence-electron chi connectivity index (χ4n) is 2.06. The summed E-state index contributed by atoms with van der Waals surface area (Å²) in [6, 6.07) is 13.3. The van der Waals surface area contributed by atoms with Gasteiger partial charge in [0, 0.05) is 16.3 Å². The molecule has 0 bridgehead atoms. The summed E-state index contributed by atoms with van der Waals surface area (Å²) < 4.78 is 10.8. The highest BCUT2D eigenvalue weighted by Gasteiger charge is 2.09. The lowest BCUT2D eigenvalue weighted by molar-refractivity contribution is 0.415. The monoisotopic (exact) mass is 329 g/mol. The summed E-state index contributed by atoms with van der Waals surface area (Å²) in [4.78, 5) is 0. The fourth-order valence-corrected chi connectivity index (χ4v) is 2.24. The van der Waals surface area contributed by atoms with Gasteiger partial charge in [-0.15, -0.1) is 10.2 Å². The van der Waals surface area contributed by atoms with Crippen molar-refractivity contribution >= 4 is 17.3 Å². The van der Waals surface area contributed by atoms with Gasteiger partial charge in [0.2, 0.25) is 11.8 Å². The molecule has 0 aliphatic heterocycles. The summed E-state index contributed by atoms with van der Waals surface area (Å²) in [6.07, 6.45) is 0. The van der Waals surface area contributed by atoms with E-state index < -0.39 is 0 Å². The van der Waals surface area contributed by atoms with Gasteiger partial charge in [0.25, 0.3) is 0 Å². The van der Waals surface area contributed by atoms with Gasteiger partial charge < -0.3 is 14.5 Å². The van der Waals surface area contributed by atoms with Crippen LogP contribution in [0.2, 0.25) is 5.02 Å². The summed E-state index contributed by atoms with van der Waals surface area (Å²) in [6.45, 7) is 2.40. The quantitative estimate of drug-likeness (QED) is 0.755. The Morgan fingerprint density at radius 1 is 1.13 bits per heavy atom. The lowest BCUT2D eigenvalue weighted by Gasteiger charge is -2.05. The second kappa shape index (κ2) is 6.71. The van der Waals surface area contributed by atoms with Gasteiger partial charge >= 0.3 is 0 Å². The van der Waals surface area contributed by atoms with Crippen LogP contribution < -0.4 is 10.1 Å². The number of rotatable bonds is 5. The Labute approximate surface area is 139 Å². The molecule has 0 spiro atoms. The van der Waals surface area contributed by atoms with Gasteiger partial charge in [-0.3, -0.25) is 0 Å². The molecule has 3 aromatic rings. The smallest absolute Gasteiger partial charge is 0.247 e. The first-order chi connectivity index (χ1) is 11.2. The van der Waals surface area contributed by atoms with Gasteiger partial charge in [0.1, 0.15) is 5.75 Å². The van der Waals surface area contributed by atoms with Crippen molar-refractivity contribution in [2.24, 2.45) is 0 Å². The highest BCUT2D eigenvalue weighted by molar-refractivity contribution is 6.31. The Morgan fingerprint density at radius 3 is 2.61 bits per heavy atom. The van der Waals surface area contributed by atoms with Crippen molar-refractivity contribution in [2.75, 3.05) is 12.4 Å². The molecule has 1 N–H and O–H groups in total. The SMILES string of the molecule is COc1ccc(-c2nnc(CNc3ccc(C)c(Cl)c3)o2)cc1. The maximum absolute atomic E-state index is 6.10. The van der Waals surface area contributed by atoms with Gasteiger partial charge in [0.15, 0.2) is 0 Å². The van der Waals surface area contributed by atoms with Crippen LogP contribution in [0.1, 0.15) is 11.5 Å². The first kappa shape index (κ1) is 15.4. The van der Waals surface area contributed by atoms with Crippen LogP contribution in [-0.4, -0.2) is 17.3 Å². The highest BCUT2D eigenvalue weighted by atomic mass is 35.5. The number of benzene rings is 2. The van der Waals surface area contributed by atoms with E-state index in [2.05, 4.69) is 15.5 Å². The van der Waals surface area contributed by atoms with Crippen molar-refractivity contribution < 1.29 is 9.15 Å². The van der Waals surface area contributed by atoms with E-state index in [0.29, 0.717) is 18.3 Å². The van der Waals surface area contributed by atoms with Crippen molar-refractivity contribution in [1.82, 2.24) is 10.2 Å². The Hall–Kier alpha value is -2.53. The normalized spacial score (nSPS) is 10.6. The van der Waals surface area contributed by atoms with E-state index in [1.807, 2.05) is 49.4 Å². The second-order valence-electron chi connectivity index (χ2n) is 5.05. The Morgan fingerprint density at radius 2 is 1.91 bits per heavy atom. The molecular formula is C17H16ClN3O2. The average Bonchev–Trinajstić information content (AvgIpc) is 3.05. The van der Waals surface area contributed by atoms with E-state index in [4.69, 9.17) is 20.8 Å². The van der Waals surface area contributed by atoms with Gasteiger partial charge in [-0.1, -0.05) is 17.7 Å². The molecule has 0 aliphatic rings. The van der Waals surface area contributed by atoms with Gasteiger partial charge in [-0.25, -0.2) is 0 Å². The third kappa shape index (κ3) is 3.63. The molecule has 0 saturated carbocycles. The molecule has 0 radical (unpaired) electrons. The summed E-state index contributed by atoms with van der Waals surface area (Å²) in [7, 11) is 1.63. The zero-order chi connectivity index (χ0) is 16.2. The molecule has 0 saturated heterocycles. The average molecular weight is 330 g/mol. The second-order valence-corrected chi connectivity index (χ2v) is 5.45. The lowest BCUT2D eigenvalue weighted by atomic mass is 10.2. The number of aryl methyl sites for hydroxylation is 1. The summed E-state index contributed by atoms with van der Waals surface area (Å²) in [5, 5.41) is 12.0. The van der Waals surface area contributed by atoms with Gasteiger partial charge in [-0.2, -0.15) is 0 Å². The number of anilines is 1. The maximum atomic E-state index is 6.10. The minimum atomic E-state index is 0.433. The van der Waals surface area contributed by atoms with Crippen LogP contribution in [0.25, 0.3) is 11.5 Å². The highest BCUT2D eigenvalue weighted by Crippen LogP contribution is 2.22. The van der Waals surface area contributed by atoms with Crippen molar-refractivity contribution in [3.8, 4) is 17.2 Å². The number of hydrogen-bond donors (Lipinski definition) is 1. The van der Waals surface area contributed by atoms with Crippen LogP contribution in [0.3, 0.4) is 0 Å². The number of methoxy groups -OCH3 is 1. The van der Waals surface area contributed by atoms with Crippen LogP contribution in [0.5, 0.6) is 5.75 Å². The van der Waals surface area contributed by atoms with Crippen LogP contribution in [0.4, 0.5) is 5.69 Å². The lowest BCUT2D eigenvalue weighted by Crippen LogP contribution is -1.99. The number of hydrogen-bond acceptors (Lipinski definition) is 5. The molecule has 1 aromatic heterocycles. The molecule has 2 aromatic carbocycles. The summed E-state index contributed by atoms with van der Waals surface area (Å²) >= 11 is 6.10. The van der Waals surface area contributed by atoms with Crippen molar-refractivity contribution in [1.29, 1.82) is 0 Å². The molecule has 118 valence electrons. The predicted octanol–water partition coefficient (Wildman–Crippen LogP) is 4.32. The van der Waals surface area contributed by atoms with E-state index >= 15 is 0 Å². The Balaban J connectivity index is 1.67. The Kier molecular flexibility index (Phi) is 4.48. The van der Waals surface area contributed by atoms with Crippen LogP contribution >= 0.6 is 11.6 Å². The van der Waals surface area contributed by atoms with Crippen LogP contribution in [0.15, 0.2) is 46.9 Å². The molecule has 3 rings (SSSR count). The van der Waals surface area contributed by atoms with Gasteiger partial charge in [0.05, 0.1) is 13.7 Å². The minimum Gasteiger partial charge on any atom is -0.497 e. The zero-order valence-corrected chi connectivity index (χ0v) is 13.6. The largest absolute Gasteiger partial charge is 0.497 e. The number of nitrogens with one attached hydrogen (secondary N) is 1. The van der Waals surface area contributed by atoms with E-state index in [9.17, 15) is 0 Å². The maximum Gasteiger partial charge on any atom is 0.247 e. The molecule has 23 heavy (non-hydrogen) atoms. The third-order valence-electron chi connectivity index (χ3n) is 3.42. The fraction of sp³-hybridized carbons (Fsp3) is 0.176. The topological polar surface area (TPSA) is 60.2 Å². The molecule has 0 fully saturated rings. The summed E-state index contributed by atoms with van der Waals surface area (Å²) in [5.41, 5.74) is 2.80. The molecule has 5 nitrogen and oxygen atoms in total. The van der Waals surface area contributed by atoms with E-state index in [-0.39, 0.29) is 0 Å². The molecule has 0 aliphatic carbocycles. The van der Waals surface area contributed by atoms with Gasteiger partial charge in [-0.05, 0) is 48.9 Å². The number of halogens is 1. The molecular weight excluding hydrogens is 314 g/mol. The molecule has 0 atom stereocenters. The number of aromatic nitrogens is 2. The third-order valence-corrected chi connectivity index (χ3v) is 3.83. The van der Waals surface area contributed by atoms with E-state index in [1.165, 1.54) is 0 Å². The molecule has 0 amide bonds.